The number of aromatic nitrogens is 2. The van der Waals surface area contributed by atoms with Crippen LogP contribution in [0, 0.1) is 0 Å². The molecule has 1 aromatic heterocycles. The molecule has 1 fully saturated rings. The predicted molar refractivity (Wildman–Crippen MR) is 120 cm³/mol. The molecule has 0 radical (unpaired) electrons. The fourth-order valence-electron chi connectivity index (χ4n) is 3.47. The van der Waals surface area contributed by atoms with Gasteiger partial charge in [-0.15, -0.1) is 16.9 Å². The number of hydrogen-bond donors (Lipinski definition) is 0. The van der Waals surface area contributed by atoms with Crippen molar-refractivity contribution in [2.24, 2.45) is 0 Å². The lowest BCUT2D eigenvalue weighted by Crippen LogP contribution is -2.36. The zero-order valence-electron chi connectivity index (χ0n) is 16.7. The molecule has 30 heavy (non-hydrogen) atoms. The molecule has 0 bridgehead atoms. The fraction of sp³-hybridized carbons (Fsp3) is 0.261. The molecule has 2 heterocycles. The number of para-hydroxylation sites is 1. The van der Waals surface area contributed by atoms with Gasteiger partial charge in [-0.25, -0.2) is 0 Å². The van der Waals surface area contributed by atoms with E-state index in [1.165, 1.54) is 4.68 Å². The summed E-state index contributed by atoms with van der Waals surface area (Å²) in [5.74, 6) is 1.36. The maximum Gasteiger partial charge on any atom is 0.271 e. The molecule has 1 saturated heterocycles. The third kappa shape index (κ3) is 4.91. The van der Waals surface area contributed by atoms with E-state index in [1.807, 2.05) is 65.6 Å². The first kappa shape index (κ1) is 20.2. The first-order valence-corrected chi connectivity index (χ1v) is 11.1. The molecule has 1 aliphatic heterocycles. The summed E-state index contributed by atoms with van der Waals surface area (Å²) in [5, 5.41) is 4.58. The normalized spacial score (nSPS) is 14.4. The zero-order chi connectivity index (χ0) is 20.8. The molecule has 0 saturated carbocycles. The molecule has 0 N–H and O–H groups in total. The van der Waals surface area contributed by atoms with E-state index in [0.717, 1.165) is 35.9 Å². The van der Waals surface area contributed by atoms with Gasteiger partial charge in [0.25, 0.3) is 5.56 Å². The van der Waals surface area contributed by atoms with Crippen LogP contribution in [0.5, 0.6) is 0 Å². The summed E-state index contributed by atoms with van der Waals surface area (Å²) in [7, 11) is 0. The molecule has 7 heteroatoms. The summed E-state index contributed by atoms with van der Waals surface area (Å²) in [5.41, 5.74) is 0.587. The molecule has 6 nitrogen and oxygen atoms in total. The summed E-state index contributed by atoms with van der Waals surface area (Å²) < 4.78 is 1.43. The Morgan fingerprint density at radius 2 is 1.60 bits per heavy atom. The molecular formula is C23H24N4O2S. The Morgan fingerprint density at radius 3 is 2.37 bits per heavy atom. The summed E-state index contributed by atoms with van der Waals surface area (Å²) in [4.78, 5) is 30.1. The maximum atomic E-state index is 12.7. The number of rotatable bonds is 5. The molecule has 4 rings (SSSR count). The minimum atomic E-state index is -0.158. The molecule has 0 unspecified atom stereocenters. The van der Waals surface area contributed by atoms with Gasteiger partial charge in [0.15, 0.2) is 0 Å². The largest absolute Gasteiger partial charge is 0.353 e. The lowest BCUT2D eigenvalue weighted by molar-refractivity contribution is -0.128. The van der Waals surface area contributed by atoms with Gasteiger partial charge < -0.3 is 9.80 Å². The average Bonchev–Trinajstić information content (AvgIpc) is 3.06. The first-order chi connectivity index (χ1) is 14.7. The average molecular weight is 421 g/mol. The standard InChI is InChI=1S/C23H24N4O2S/c28-22-13-12-21(24-27(22)19-8-3-1-4-9-19)25-14-7-15-26(17-16-25)23(29)18-30-20-10-5-2-6-11-20/h1-6,8-13H,7,14-18H2. The Hall–Kier alpha value is -3.06. The van der Waals surface area contributed by atoms with Crippen molar-refractivity contribution in [2.75, 3.05) is 36.8 Å². The number of amides is 1. The molecule has 1 amide bonds. The Bertz CT molecular complexity index is 1040. The van der Waals surface area contributed by atoms with E-state index < -0.39 is 0 Å². The first-order valence-electron chi connectivity index (χ1n) is 10.1. The Balaban J connectivity index is 1.41. The van der Waals surface area contributed by atoms with Crippen molar-refractivity contribution in [1.29, 1.82) is 0 Å². The maximum absolute atomic E-state index is 12.7. The Labute approximate surface area is 180 Å². The molecular weight excluding hydrogens is 396 g/mol. The van der Waals surface area contributed by atoms with E-state index in [1.54, 1.807) is 23.9 Å². The lowest BCUT2D eigenvalue weighted by Gasteiger charge is -2.23. The second kappa shape index (κ2) is 9.63. The van der Waals surface area contributed by atoms with Crippen LogP contribution in [0.15, 0.2) is 82.5 Å². The topological polar surface area (TPSA) is 58.4 Å². The number of anilines is 1. The van der Waals surface area contributed by atoms with Crippen molar-refractivity contribution in [3.63, 3.8) is 0 Å². The van der Waals surface area contributed by atoms with Crippen molar-refractivity contribution in [1.82, 2.24) is 14.7 Å². The SMILES string of the molecule is O=C(CSc1ccccc1)N1CCCN(c2ccc(=O)n(-c3ccccc3)n2)CC1. The van der Waals surface area contributed by atoms with Gasteiger partial charge >= 0.3 is 0 Å². The van der Waals surface area contributed by atoms with Crippen LogP contribution < -0.4 is 10.5 Å². The highest BCUT2D eigenvalue weighted by Crippen LogP contribution is 2.19. The summed E-state index contributed by atoms with van der Waals surface area (Å²) in [6, 6.07) is 22.7. The van der Waals surface area contributed by atoms with Crippen LogP contribution in [0.2, 0.25) is 0 Å². The summed E-state index contributed by atoms with van der Waals surface area (Å²) in [6.07, 6.45) is 0.869. The number of benzene rings is 2. The van der Waals surface area contributed by atoms with E-state index in [0.29, 0.717) is 18.8 Å². The highest BCUT2D eigenvalue weighted by molar-refractivity contribution is 8.00. The van der Waals surface area contributed by atoms with Crippen LogP contribution in [0.3, 0.4) is 0 Å². The van der Waals surface area contributed by atoms with Crippen LogP contribution in [0.1, 0.15) is 6.42 Å². The molecule has 0 spiro atoms. The summed E-state index contributed by atoms with van der Waals surface area (Å²) >= 11 is 1.57. The van der Waals surface area contributed by atoms with Crippen LogP contribution in [-0.2, 0) is 4.79 Å². The smallest absolute Gasteiger partial charge is 0.271 e. The second-order valence-corrected chi connectivity index (χ2v) is 8.15. The van der Waals surface area contributed by atoms with E-state index in [9.17, 15) is 9.59 Å². The molecule has 0 aliphatic carbocycles. The van der Waals surface area contributed by atoms with E-state index in [-0.39, 0.29) is 11.5 Å². The highest BCUT2D eigenvalue weighted by Gasteiger charge is 2.20. The predicted octanol–water partition coefficient (Wildman–Crippen LogP) is 3.06. The summed E-state index contributed by atoms with van der Waals surface area (Å²) in [6.45, 7) is 2.89. The van der Waals surface area contributed by atoms with Crippen molar-refractivity contribution in [3.05, 3.63) is 83.2 Å². The molecule has 0 atom stereocenters. The van der Waals surface area contributed by atoms with Gasteiger partial charge in [0.1, 0.15) is 5.82 Å². The monoisotopic (exact) mass is 420 g/mol. The third-order valence-electron chi connectivity index (χ3n) is 5.07. The van der Waals surface area contributed by atoms with E-state index >= 15 is 0 Å². The molecule has 3 aromatic rings. The molecule has 2 aromatic carbocycles. The van der Waals surface area contributed by atoms with E-state index in [2.05, 4.69) is 10.00 Å². The Morgan fingerprint density at radius 1 is 0.867 bits per heavy atom. The third-order valence-corrected chi connectivity index (χ3v) is 6.06. The van der Waals surface area contributed by atoms with Gasteiger partial charge in [-0.3, -0.25) is 9.59 Å². The lowest BCUT2D eigenvalue weighted by atomic mass is 10.3. The van der Waals surface area contributed by atoms with Crippen LogP contribution in [0.4, 0.5) is 5.82 Å². The van der Waals surface area contributed by atoms with Gasteiger partial charge in [-0.05, 0) is 36.8 Å². The van der Waals surface area contributed by atoms with Gasteiger partial charge in [0.2, 0.25) is 5.91 Å². The number of carbonyl (C=O) groups excluding carboxylic acids is 1. The van der Waals surface area contributed by atoms with Crippen LogP contribution >= 0.6 is 11.8 Å². The number of hydrogen-bond acceptors (Lipinski definition) is 5. The Kier molecular flexibility index (Phi) is 6.49. The van der Waals surface area contributed by atoms with Gasteiger partial charge in [0, 0.05) is 37.1 Å². The minimum Gasteiger partial charge on any atom is -0.353 e. The quantitative estimate of drug-likeness (QED) is 0.594. The van der Waals surface area contributed by atoms with Crippen molar-refractivity contribution in [2.45, 2.75) is 11.3 Å². The highest BCUT2D eigenvalue weighted by atomic mass is 32.2. The zero-order valence-corrected chi connectivity index (χ0v) is 17.5. The van der Waals surface area contributed by atoms with Crippen molar-refractivity contribution in [3.8, 4) is 5.69 Å². The van der Waals surface area contributed by atoms with Gasteiger partial charge in [-0.1, -0.05) is 36.4 Å². The molecule has 1 aliphatic rings. The van der Waals surface area contributed by atoms with Crippen molar-refractivity contribution >= 4 is 23.5 Å². The second-order valence-electron chi connectivity index (χ2n) is 7.10. The van der Waals surface area contributed by atoms with Crippen molar-refractivity contribution < 1.29 is 4.79 Å². The number of nitrogens with zero attached hydrogens (tertiary/aromatic N) is 4. The minimum absolute atomic E-state index is 0.158. The number of carbonyl (C=O) groups is 1. The van der Waals surface area contributed by atoms with Gasteiger partial charge in [-0.2, -0.15) is 4.68 Å². The van der Waals surface area contributed by atoms with Crippen LogP contribution in [0.25, 0.3) is 5.69 Å². The van der Waals surface area contributed by atoms with Gasteiger partial charge in [0.05, 0.1) is 11.4 Å². The fourth-order valence-corrected chi connectivity index (χ4v) is 4.30. The van der Waals surface area contributed by atoms with Crippen LogP contribution in [-0.4, -0.2) is 52.5 Å². The molecule has 154 valence electrons. The number of thioether (sulfide) groups is 1. The van der Waals surface area contributed by atoms with E-state index in [4.69, 9.17) is 0 Å².